The molecule has 2 N–H and O–H groups in total. The van der Waals surface area contributed by atoms with E-state index in [1.165, 1.54) is 0 Å². The maximum Gasteiger partial charge on any atom is 0.0993 e. The average molecular weight is 321 g/mol. The Kier molecular flexibility index (Phi) is 3.94. The lowest BCUT2D eigenvalue weighted by molar-refractivity contribution is -0.116. The van der Waals surface area contributed by atoms with Crippen molar-refractivity contribution in [3.63, 3.8) is 0 Å². The minimum Gasteiger partial charge on any atom is -0.397 e. The third-order valence-electron chi connectivity index (χ3n) is 4.41. The summed E-state index contributed by atoms with van der Waals surface area (Å²) in [5.74, 6) is 0. The lowest BCUT2D eigenvalue weighted by Gasteiger charge is -2.49. The van der Waals surface area contributed by atoms with Crippen molar-refractivity contribution < 1.29 is 4.74 Å². The summed E-state index contributed by atoms with van der Waals surface area (Å²) < 4.78 is 5.94. The Balaban J connectivity index is 1.81. The summed E-state index contributed by atoms with van der Waals surface area (Å²) in [7, 11) is 0. The first kappa shape index (κ1) is 15.4. The van der Waals surface area contributed by atoms with Gasteiger partial charge in [0.25, 0.3) is 0 Å². The number of nitrogens with two attached hydrogens (primary N) is 1. The summed E-state index contributed by atoms with van der Waals surface area (Å²) in [5, 5.41) is 9.66. The van der Waals surface area contributed by atoms with Crippen LogP contribution < -0.4 is 10.6 Å². The fourth-order valence-electron chi connectivity index (χ4n) is 3.26. The summed E-state index contributed by atoms with van der Waals surface area (Å²) in [6.07, 6.45) is 0. The summed E-state index contributed by atoms with van der Waals surface area (Å²) in [5.41, 5.74) is 7.69. The molecule has 1 atom stereocenters. The molecule has 2 fully saturated rings. The molecule has 0 amide bonds. The van der Waals surface area contributed by atoms with Gasteiger partial charge in [0.1, 0.15) is 0 Å². The number of anilines is 2. The topological polar surface area (TPSA) is 65.5 Å². The van der Waals surface area contributed by atoms with E-state index in [0.29, 0.717) is 28.9 Å². The lowest BCUT2D eigenvalue weighted by Crippen LogP contribution is -2.62. The van der Waals surface area contributed by atoms with Gasteiger partial charge in [0.15, 0.2) is 0 Å². The fourth-order valence-corrected chi connectivity index (χ4v) is 3.49. The van der Waals surface area contributed by atoms with Crippen molar-refractivity contribution in [2.75, 3.05) is 43.4 Å². The number of ether oxygens (including phenoxy) is 1. The van der Waals surface area contributed by atoms with E-state index < -0.39 is 0 Å². The van der Waals surface area contributed by atoms with E-state index in [-0.39, 0.29) is 5.60 Å². The summed E-state index contributed by atoms with van der Waals surface area (Å²) >= 11 is 6.36. The third kappa shape index (κ3) is 2.87. The third-order valence-corrected chi connectivity index (χ3v) is 4.82. The standard InChI is InChI=1S/C16H21ClN4O/c1-16(2)10-21-4-3-20(8-12(21)9-22-16)14-6-11(7-18)5-13(19)15(14)17/h5-6,12H,3-4,8-10,19H2,1-2H3. The molecule has 0 saturated carbocycles. The van der Waals surface area contributed by atoms with Crippen molar-refractivity contribution in [1.29, 1.82) is 5.26 Å². The Bertz CT molecular complexity index is 625. The molecule has 0 aromatic heterocycles. The van der Waals surface area contributed by atoms with Crippen LogP contribution in [0.25, 0.3) is 0 Å². The second kappa shape index (κ2) is 5.62. The number of hydrogen-bond acceptors (Lipinski definition) is 5. The number of piperazine rings is 1. The Morgan fingerprint density at radius 2 is 2.18 bits per heavy atom. The van der Waals surface area contributed by atoms with Crippen LogP contribution in [0.4, 0.5) is 11.4 Å². The molecule has 6 heteroatoms. The fraction of sp³-hybridized carbons (Fsp3) is 0.562. The molecule has 0 radical (unpaired) electrons. The van der Waals surface area contributed by atoms with E-state index in [0.717, 1.165) is 31.9 Å². The van der Waals surface area contributed by atoms with Crippen LogP contribution in [0.15, 0.2) is 12.1 Å². The van der Waals surface area contributed by atoms with Crippen LogP contribution >= 0.6 is 11.6 Å². The molecule has 1 aromatic rings. The number of hydrogen-bond donors (Lipinski definition) is 1. The quantitative estimate of drug-likeness (QED) is 0.803. The summed E-state index contributed by atoms with van der Waals surface area (Å²) in [4.78, 5) is 4.69. The predicted octanol–water partition coefficient (Wildman–Crippen LogP) is 2.09. The Morgan fingerprint density at radius 1 is 1.41 bits per heavy atom. The normalized spacial score (nSPS) is 24.6. The van der Waals surface area contributed by atoms with Crippen molar-refractivity contribution in [3.05, 3.63) is 22.7 Å². The van der Waals surface area contributed by atoms with Gasteiger partial charge in [-0.3, -0.25) is 4.90 Å². The number of benzene rings is 1. The zero-order valence-electron chi connectivity index (χ0n) is 13.0. The Morgan fingerprint density at radius 3 is 2.91 bits per heavy atom. The van der Waals surface area contributed by atoms with Gasteiger partial charge >= 0.3 is 0 Å². The molecular weight excluding hydrogens is 300 g/mol. The summed E-state index contributed by atoms with van der Waals surface area (Å²) in [6, 6.07) is 5.93. The van der Waals surface area contributed by atoms with Crippen LogP contribution in [-0.2, 0) is 4.74 Å². The highest BCUT2D eigenvalue weighted by molar-refractivity contribution is 6.35. The lowest BCUT2D eigenvalue weighted by atomic mass is 10.0. The number of nitrogens with zero attached hydrogens (tertiary/aromatic N) is 3. The molecule has 3 rings (SSSR count). The smallest absolute Gasteiger partial charge is 0.0993 e. The van der Waals surface area contributed by atoms with Gasteiger partial charge in [0.2, 0.25) is 0 Å². The van der Waals surface area contributed by atoms with Gasteiger partial charge in [-0.05, 0) is 26.0 Å². The zero-order chi connectivity index (χ0) is 15.9. The minimum atomic E-state index is -0.0819. The molecule has 2 aliphatic heterocycles. The molecule has 1 aromatic carbocycles. The molecule has 22 heavy (non-hydrogen) atoms. The van der Waals surface area contributed by atoms with Crippen LogP contribution in [0, 0.1) is 11.3 Å². The molecule has 0 spiro atoms. The van der Waals surface area contributed by atoms with E-state index >= 15 is 0 Å². The Hall–Kier alpha value is -1.48. The largest absolute Gasteiger partial charge is 0.397 e. The van der Waals surface area contributed by atoms with Crippen molar-refractivity contribution in [2.24, 2.45) is 0 Å². The average Bonchev–Trinajstić information content (AvgIpc) is 2.48. The van der Waals surface area contributed by atoms with Crippen LogP contribution in [0.5, 0.6) is 0 Å². The number of morpholine rings is 1. The van der Waals surface area contributed by atoms with Crippen LogP contribution in [0.2, 0.25) is 5.02 Å². The van der Waals surface area contributed by atoms with E-state index in [2.05, 4.69) is 29.7 Å². The number of halogens is 1. The highest BCUT2D eigenvalue weighted by atomic mass is 35.5. The highest BCUT2D eigenvalue weighted by Crippen LogP contribution is 2.34. The van der Waals surface area contributed by atoms with Gasteiger partial charge in [-0.2, -0.15) is 5.26 Å². The number of rotatable bonds is 1. The molecule has 1 unspecified atom stereocenters. The van der Waals surface area contributed by atoms with Gasteiger partial charge in [0.05, 0.1) is 46.3 Å². The molecule has 2 saturated heterocycles. The molecule has 5 nitrogen and oxygen atoms in total. The zero-order valence-corrected chi connectivity index (χ0v) is 13.7. The van der Waals surface area contributed by atoms with Gasteiger partial charge in [0, 0.05) is 26.2 Å². The first-order valence-corrected chi connectivity index (χ1v) is 7.89. The van der Waals surface area contributed by atoms with E-state index in [1.54, 1.807) is 6.07 Å². The molecule has 0 bridgehead atoms. The maximum atomic E-state index is 9.13. The number of nitriles is 1. The molecule has 2 heterocycles. The maximum absolute atomic E-state index is 9.13. The second-order valence-corrected chi connectivity index (χ2v) is 7.03. The van der Waals surface area contributed by atoms with Gasteiger partial charge in [-0.25, -0.2) is 0 Å². The second-order valence-electron chi connectivity index (χ2n) is 6.65. The number of nitrogen functional groups attached to an aromatic ring is 1. The van der Waals surface area contributed by atoms with Crippen molar-refractivity contribution >= 4 is 23.0 Å². The highest BCUT2D eigenvalue weighted by Gasteiger charge is 2.37. The van der Waals surface area contributed by atoms with Gasteiger partial charge in [-0.15, -0.1) is 0 Å². The first-order chi connectivity index (χ1) is 10.4. The van der Waals surface area contributed by atoms with Gasteiger partial charge in [-0.1, -0.05) is 11.6 Å². The SMILES string of the molecule is CC1(C)CN2CCN(c3cc(C#N)cc(N)c3Cl)CC2CO1. The minimum absolute atomic E-state index is 0.0819. The van der Waals surface area contributed by atoms with Crippen molar-refractivity contribution in [3.8, 4) is 6.07 Å². The first-order valence-electron chi connectivity index (χ1n) is 7.52. The van der Waals surface area contributed by atoms with Gasteiger partial charge < -0.3 is 15.4 Å². The van der Waals surface area contributed by atoms with Crippen molar-refractivity contribution in [2.45, 2.75) is 25.5 Å². The molecular formula is C16H21ClN4O. The van der Waals surface area contributed by atoms with Crippen LogP contribution in [0.1, 0.15) is 19.4 Å². The van der Waals surface area contributed by atoms with E-state index in [4.69, 9.17) is 27.3 Å². The molecule has 118 valence electrons. The predicted molar refractivity (Wildman–Crippen MR) is 88.2 cm³/mol. The Labute approximate surface area is 136 Å². The number of fused-ring (bicyclic) bond motifs is 1. The molecule has 0 aliphatic carbocycles. The van der Waals surface area contributed by atoms with Crippen molar-refractivity contribution in [1.82, 2.24) is 4.90 Å². The van der Waals surface area contributed by atoms with Crippen LogP contribution in [-0.4, -0.2) is 49.3 Å². The van der Waals surface area contributed by atoms with E-state index in [1.807, 2.05) is 6.07 Å². The van der Waals surface area contributed by atoms with E-state index in [9.17, 15) is 0 Å². The summed E-state index contributed by atoms with van der Waals surface area (Å²) in [6.45, 7) is 8.59. The van der Waals surface area contributed by atoms with Crippen LogP contribution in [0.3, 0.4) is 0 Å². The molecule has 2 aliphatic rings. The monoisotopic (exact) mass is 320 g/mol.